The molecule has 7 nitrogen and oxygen atoms in total. The Hall–Kier alpha value is -1.80. The fourth-order valence-electron chi connectivity index (χ4n) is 4.30. The number of halogens is 1. The lowest BCUT2D eigenvalue weighted by molar-refractivity contribution is -0.162. The van der Waals surface area contributed by atoms with Crippen molar-refractivity contribution >= 4 is 27.9 Å². The van der Waals surface area contributed by atoms with Crippen LogP contribution in [-0.4, -0.2) is 35.3 Å². The van der Waals surface area contributed by atoms with Crippen molar-refractivity contribution in [3.8, 4) is 5.75 Å². The first-order chi connectivity index (χ1) is 13.3. The molecule has 2 heterocycles. The molecule has 0 radical (unpaired) electrons. The Bertz CT molecular complexity index is 753. The van der Waals surface area contributed by atoms with E-state index in [2.05, 4.69) is 20.9 Å². The molecular weight excluding hydrogens is 426 g/mol. The maximum Gasteiger partial charge on any atom is 0.303 e. The fourth-order valence-corrected chi connectivity index (χ4v) is 4.67. The van der Waals surface area contributed by atoms with Crippen molar-refractivity contribution in [1.29, 1.82) is 0 Å². The average molecular weight is 454 g/mol. The van der Waals surface area contributed by atoms with Gasteiger partial charge in [-0.05, 0) is 57.2 Å². The van der Waals surface area contributed by atoms with Gasteiger partial charge in [0.1, 0.15) is 11.4 Å². The van der Waals surface area contributed by atoms with Gasteiger partial charge in [-0.3, -0.25) is 9.79 Å². The van der Waals surface area contributed by atoms with E-state index in [0.717, 1.165) is 41.5 Å². The third-order valence-electron chi connectivity index (χ3n) is 5.72. The first-order valence-electron chi connectivity index (χ1n) is 9.69. The summed E-state index contributed by atoms with van der Waals surface area (Å²) in [6, 6.07) is 5.91. The van der Waals surface area contributed by atoms with Gasteiger partial charge < -0.3 is 26.0 Å². The van der Waals surface area contributed by atoms with Gasteiger partial charge in [0.05, 0.1) is 12.2 Å². The summed E-state index contributed by atoms with van der Waals surface area (Å²) < 4.78 is 13.8. The normalized spacial score (nSPS) is 28.6. The predicted molar refractivity (Wildman–Crippen MR) is 110 cm³/mol. The van der Waals surface area contributed by atoms with Crippen LogP contribution in [0.3, 0.4) is 0 Å². The molecule has 28 heavy (non-hydrogen) atoms. The smallest absolute Gasteiger partial charge is 0.303 e. The largest absolute Gasteiger partial charge is 0.487 e. The van der Waals surface area contributed by atoms with Crippen molar-refractivity contribution in [2.45, 2.75) is 63.3 Å². The summed E-state index contributed by atoms with van der Waals surface area (Å²) in [4.78, 5) is 15.2. The Kier molecular flexibility index (Phi) is 6.50. The minimum Gasteiger partial charge on any atom is -0.487 e. The van der Waals surface area contributed by atoms with Crippen molar-refractivity contribution in [1.82, 2.24) is 0 Å². The standard InChI is InChI=1S/C20H28BrN3O4/c1-20(9-8-17(25)26)15-6-5-13(3-2-10-24-19(22)23)27-18(15)14-11-12(21)4-7-16(14)28-20/h4,7,11,13,15,18H,2-3,5-6,8-10H2,1H3,(H,25,26)(H4,22,23,24)/t13-,15-,18+,20+/m1/s1. The first kappa shape index (κ1) is 20.9. The summed E-state index contributed by atoms with van der Waals surface area (Å²) in [5, 5.41) is 9.17. The molecule has 2 aliphatic rings. The van der Waals surface area contributed by atoms with Crippen LogP contribution in [0.5, 0.6) is 5.75 Å². The molecule has 154 valence electrons. The number of fused-ring (bicyclic) bond motifs is 3. The van der Waals surface area contributed by atoms with Gasteiger partial charge in [-0.2, -0.15) is 0 Å². The number of aliphatic carboxylic acids is 1. The second-order valence-corrected chi connectivity index (χ2v) is 8.72. The average Bonchev–Trinajstić information content (AvgIpc) is 2.64. The summed E-state index contributed by atoms with van der Waals surface area (Å²) in [7, 11) is 0. The third kappa shape index (κ3) is 4.78. The summed E-state index contributed by atoms with van der Waals surface area (Å²) in [6.07, 6.45) is 4.14. The summed E-state index contributed by atoms with van der Waals surface area (Å²) in [6.45, 7) is 2.61. The summed E-state index contributed by atoms with van der Waals surface area (Å²) in [5.74, 6) is 0.195. The van der Waals surface area contributed by atoms with E-state index in [-0.39, 0.29) is 30.5 Å². The highest BCUT2D eigenvalue weighted by molar-refractivity contribution is 9.10. The molecule has 1 aromatic carbocycles. The topological polar surface area (TPSA) is 120 Å². The van der Waals surface area contributed by atoms with Crippen molar-refractivity contribution < 1.29 is 19.4 Å². The number of nitrogens with zero attached hydrogens (tertiary/aromatic N) is 1. The van der Waals surface area contributed by atoms with Crippen molar-refractivity contribution in [3.05, 3.63) is 28.2 Å². The van der Waals surface area contributed by atoms with Crippen LogP contribution in [0.2, 0.25) is 0 Å². The van der Waals surface area contributed by atoms with E-state index in [0.29, 0.717) is 13.0 Å². The van der Waals surface area contributed by atoms with Gasteiger partial charge in [-0.1, -0.05) is 15.9 Å². The van der Waals surface area contributed by atoms with Gasteiger partial charge in [0, 0.05) is 28.9 Å². The number of guanidine groups is 1. The van der Waals surface area contributed by atoms with Gasteiger partial charge >= 0.3 is 5.97 Å². The van der Waals surface area contributed by atoms with E-state index < -0.39 is 11.6 Å². The predicted octanol–water partition coefficient (Wildman–Crippen LogP) is 3.35. The number of hydrogen-bond donors (Lipinski definition) is 3. The van der Waals surface area contributed by atoms with Gasteiger partial charge in [-0.25, -0.2) is 0 Å². The van der Waals surface area contributed by atoms with Crippen LogP contribution in [0.25, 0.3) is 0 Å². The summed E-state index contributed by atoms with van der Waals surface area (Å²) in [5.41, 5.74) is 11.2. The number of nitrogens with two attached hydrogens (primary N) is 2. The van der Waals surface area contributed by atoms with E-state index in [1.165, 1.54) is 0 Å². The zero-order valence-corrected chi connectivity index (χ0v) is 17.7. The number of ether oxygens (including phenoxy) is 2. The van der Waals surface area contributed by atoms with Gasteiger partial charge in [0.15, 0.2) is 5.96 Å². The molecule has 1 saturated heterocycles. The molecule has 4 atom stereocenters. The van der Waals surface area contributed by atoms with E-state index in [9.17, 15) is 4.79 Å². The number of carboxylic acids is 1. The Morgan fingerprint density at radius 3 is 2.89 bits per heavy atom. The van der Waals surface area contributed by atoms with Crippen LogP contribution in [0, 0.1) is 5.92 Å². The highest BCUT2D eigenvalue weighted by atomic mass is 79.9. The van der Waals surface area contributed by atoms with Crippen LogP contribution in [0.1, 0.15) is 57.1 Å². The highest BCUT2D eigenvalue weighted by Crippen LogP contribution is 2.52. The number of rotatable bonds is 7. The number of aliphatic imine (C=N–C) groups is 1. The Labute approximate surface area is 173 Å². The zero-order valence-electron chi connectivity index (χ0n) is 16.1. The van der Waals surface area contributed by atoms with E-state index in [4.69, 9.17) is 26.0 Å². The van der Waals surface area contributed by atoms with Crippen molar-refractivity contribution in [2.75, 3.05) is 6.54 Å². The Balaban J connectivity index is 1.78. The maximum atomic E-state index is 11.2. The van der Waals surface area contributed by atoms with Gasteiger partial charge in [0.25, 0.3) is 0 Å². The first-order valence-corrected chi connectivity index (χ1v) is 10.5. The Morgan fingerprint density at radius 1 is 1.39 bits per heavy atom. The third-order valence-corrected chi connectivity index (χ3v) is 6.22. The van der Waals surface area contributed by atoms with E-state index in [1.807, 2.05) is 25.1 Å². The second kappa shape index (κ2) is 8.69. The number of benzene rings is 1. The molecule has 3 rings (SSSR count). The van der Waals surface area contributed by atoms with Crippen LogP contribution in [0.4, 0.5) is 0 Å². The molecule has 0 unspecified atom stereocenters. The zero-order chi connectivity index (χ0) is 20.3. The van der Waals surface area contributed by atoms with Crippen LogP contribution >= 0.6 is 15.9 Å². The molecule has 0 amide bonds. The maximum absolute atomic E-state index is 11.2. The highest BCUT2D eigenvalue weighted by Gasteiger charge is 2.49. The lowest BCUT2D eigenvalue weighted by Gasteiger charge is -2.50. The van der Waals surface area contributed by atoms with Crippen molar-refractivity contribution in [3.63, 3.8) is 0 Å². The molecule has 0 aliphatic carbocycles. The minimum absolute atomic E-state index is 0.0769. The van der Waals surface area contributed by atoms with Crippen LogP contribution in [-0.2, 0) is 9.53 Å². The van der Waals surface area contributed by atoms with Crippen LogP contribution in [0.15, 0.2) is 27.7 Å². The summed E-state index contributed by atoms with van der Waals surface area (Å²) >= 11 is 3.54. The number of hydrogen-bond acceptors (Lipinski definition) is 4. The quantitative estimate of drug-likeness (QED) is 0.330. The number of carbonyl (C=O) groups is 1. The SMILES string of the molecule is C[C@@]1(CCC(=O)O)Oc2ccc(Br)cc2[C@@H]2O[C@H](CCCN=C(N)N)CC[C@H]21. The van der Waals surface area contributed by atoms with E-state index >= 15 is 0 Å². The molecule has 1 aromatic rings. The fraction of sp³-hybridized carbons (Fsp3) is 0.600. The van der Waals surface area contributed by atoms with Gasteiger partial charge in [0.2, 0.25) is 0 Å². The molecule has 0 aromatic heterocycles. The minimum atomic E-state index is -0.808. The second-order valence-electron chi connectivity index (χ2n) is 7.80. The van der Waals surface area contributed by atoms with Gasteiger partial charge in [-0.15, -0.1) is 0 Å². The monoisotopic (exact) mass is 453 g/mol. The molecule has 0 saturated carbocycles. The van der Waals surface area contributed by atoms with Crippen LogP contribution < -0.4 is 16.2 Å². The van der Waals surface area contributed by atoms with E-state index in [1.54, 1.807) is 0 Å². The van der Waals surface area contributed by atoms with Crippen molar-refractivity contribution in [2.24, 2.45) is 22.4 Å². The molecule has 0 spiro atoms. The molecule has 8 heteroatoms. The molecule has 1 fully saturated rings. The molecule has 2 aliphatic heterocycles. The number of carboxylic acid groups (broad SMARTS) is 1. The lowest BCUT2D eigenvalue weighted by atomic mass is 9.72. The molecular formula is C20H28BrN3O4. The molecule has 5 N–H and O–H groups in total. The lowest BCUT2D eigenvalue weighted by Crippen LogP contribution is -2.50. The molecule has 0 bridgehead atoms. The Morgan fingerprint density at radius 2 is 2.18 bits per heavy atom.